The third kappa shape index (κ3) is 4.88. The molecule has 4 nitrogen and oxygen atoms in total. The summed E-state index contributed by atoms with van der Waals surface area (Å²) >= 11 is 0. The van der Waals surface area contributed by atoms with Crippen LogP contribution in [0.4, 0.5) is 0 Å². The van der Waals surface area contributed by atoms with Crippen LogP contribution in [0.25, 0.3) is 0 Å². The maximum Gasteiger partial charge on any atom is 0.123 e. The lowest BCUT2D eigenvalue weighted by molar-refractivity contribution is 0.132. The zero-order valence-corrected chi connectivity index (χ0v) is 16.4. The van der Waals surface area contributed by atoms with E-state index >= 15 is 0 Å². The lowest BCUT2D eigenvalue weighted by atomic mass is 9.95. The van der Waals surface area contributed by atoms with Crippen LogP contribution >= 0.6 is 0 Å². The van der Waals surface area contributed by atoms with Crippen molar-refractivity contribution in [3.8, 4) is 5.75 Å². The summed E-state index contributed by atoms with van der Waals surface area (Å²) in [6.07, 6.45) is 4.59. The molecule has 1 aromatic carbocycles. The summed E-state index contributed by atoms with van der Waals surface area (Å²) in [7, 11) is 0. The molecule has 2 fully saturated rings. The minimum atomic E-state index is 0.570. The lowest BCUT2D eigenvalue weighted by Crippen LogP contribution is -2.44. The molecule has 2 aromatic rings. The van der Waals surface area contributed by atoms with Gasteiger partial charge in [-0.1, -0.05) is 31.2 Å². The van der Waals surface area contributed by atoms with Gasteiger partial charge in [-0.15, -0.1) is 0 Å². The summed E-state index contributed by atoms with van der Waals surface area (Å²) in [5.74, 6) is 2.44. The van der Waals surface area contributed by atoms with Gasteiger partial charge in [0, 0.05) is 56.1 Å². The van der Waals surface area contributed by atoms with E-state index in [2.05, 4.69) is 58.1 Å². The number of aromatic nitrogens is 1. The van der Waals surface area contributed by atoms with E-state index in [1.165, 1.54) is 37.2 Å². The van der Waals surface area contributed by atoms with E-state index in [-0.39, 0.29) is 0 Å². The topological polar surface area (TPSA) is 28.6 Å². The Balaban J connectivity index is 1.26. The van der Waals surface area contributed by atoms with Gasteiger partial charge in [0.15, 0.2) is 0 Å². The molecule has 27 heavy (non-hydrogen) atoms. The van der Waals surface area contributed by atoms with Gasteiger partial charge in [-0.2, -0.15) is 0 Å². The van der Waals surface area contributed by atoms with Gasteiger partial charge in [0.1, 0.15) is 12.4 Å². The Morgan fingerprint density at radius 1 is 1.04 bits per heavy atom. The highest BCUT2D eigenvalue weighted by molar-refractivity contribution is 5.33. The minimum absolute atomic E-state index is 0.570. The number of nitrogens with zero attached hydrogens (tertiary/aromatic N) is 3. The summed E-state index contributed by atoms with van der Waals surface area (Å²) in [6, 6.07) is 14.7. The van der Waals surface area contributed by atoms with Gasteiger partial charge in [-0.05, 0) is 43.5 Å². The van der Waals surface area contributed by atoms with Crippen LogP contribution in [0.3, 0.4) is 0 Å². The maximum absolute atomic E-state index is 6.18. The standard InChI is InChI=1S/C23H31N3O/c1-19-7-6-12-25(15-19)13-14-27-23-10-3-2-8-20(23)16-26-17-21(18-26)22-9-4-5-11-24-22/h2-5,8-11,19,21H,6-7,12-18H2,1H3. The van der Waals surface area contributed by atoms with Crippen molar-refractivity contribution < 1.29 is 4.74 Å². The van der Waals surface area contributed by atoms with Gasteiger partial charge in [-0.25, -0.2) is 0 Å². The number of piperidine rings is 1. The molecule has 2 aliphatic rings. The number of likely N-dealkylation sites (tertiary alicyclic amines) is 2. The van der Waals surface area contributed by atoms with E-state index in [0.29, 0.717) is 5.92 Å². The molecule has 2 aliphatic heterocycles. The predicted molar refractivity (Wildman–Crippen MR) is 109 cm³/mol. The summed E-state index contributed by atoms with van der Waals surface area (Å²) in [6.45, 7) is 9.72. The summed E-state index contributed by atoms with van der Waals surface area (Å²) in [4.78, 5) is 9.52. The molecule has 0 saturated carbocycles. The fraction of sp³-hybridized carbons (Fsp3) is 0.522. The number of hydrogen-bond donors (Lipinski definition) is 0. The van der Waals surface area contributed by atoms with Crippen molar-refractivity contribution >= 4 is 0 Å². The van der Waals surface area contributed by atoms with Crippen LogP contribution in [-0.2, 0) is 6.54 Å². The first kappa shape index (κ1) is 18.5. The molecule has 1 atom stereocenters. The molecule has 3 heterocycles. The lowest BCUT2D eigenvalue weighted by Gasteiger charge is -2.39. The fourth-order valence-electron chi connectivity index (χ4n) is 4.29. The first-order chi connectivity index (χ1) is 13.3. The highest BCUT2D eigenvalue weighted by Gasteiger charge is 2.29. The van der Waals surface area contributed by atoms with E-state index < -0.39 is 0 Å². The van der Waals surface area contributed by atoms with E-state index in [0.717, 1.165) is 44.5 Å². The van der Waals surface area contributed by atoms with Crippen molar-refractivity contribution in [1.29, 1.82) is 0 Å². The monoisotopic (exact) mass is 365 g/mol. The van der Waals surface area contributed by atoms with Gasteiger partial charge in [0.05, 0.1) is 0 Å². The number of para-hydroxylation sites is 1. The molecule has 1 unspecified atom stereocenters. The minimum Gasteiger partial charge on any atom is -0.492 e. The molecular weight excluding hydrogens is 334 g/mol. The normalized spacial score (nSPS) is 21.7. The zero-order valence-electron chi connectivity index (χ0n) is 16.4. The van der Waals surface area contributed by atoms with Gasteiger partial charge in [0.2, 0.25) is 0 Å². The molecule has 144 valence electrons. The van der Waals surface area contributed by atoms with Crippen molar-refractivity contribution in [3.63, 3.8) is 0 Å². The largest absolute Gasteiger partial charge is 0.492 e. The third-order valence-corrected chi connectivity index (χ3v) is 5.84. The van der Waals surface area contributed by atoms with Crippen molar-refractivity contribution in [1.82, 2.24) is 14.8 Å². The van der Waals surface area contributed by atoms with Crippen LogP contribution in [0.5, 0.6) is 5.75 Å². The predicted octanol–water partition coefficient (Wildman–Crippen LogP) is 3.79. The zero-order chi connectivity index (χ0) is 18.5. The molecule has 0 N–H and O–H groups in total. The fourth-order valence-corrected chi connectivity index (χ4v) is 4.29. The summed E-state index contributed by atoms with van der Waals surface area (Å²) < 4.78 is 6.18. The van der Waals surface area contributed by atoms with Gasteiger partial charge >= 0.3 is 0 Å². The molecule has 1 aromatic heterocycles. The van der Waals surface area contributed by atoms with Crippen molar-refractivity contribution in [3.05, 3.63) is 59.9 Å². The highest BCUT2D eigenvalue weighted by atomic mass is 16.5. The highest BCUT2D eigenvalue weighted by Crippen LogP contribution is 2.29. The molecule has 4 heteroatoms. The Morgan fingerprint density at radius 3 is 2.70 bits per heavy atom. The van der Waals surface area contributed by atoms with E-state index in [1.54, 1.807) is 0 Å². The Labute approximate surface area is 163 Å². The van der Waals surface area contributed by atoms with Crippen LogP contribution in [0.1, 0.15) is 36.9 Å². The first-order valence-electron chi connectivity index (χ1n) is 10.3. The molecule has 2 saturated heterocycles. The van der Waals surface area contributed by atoms with Crippen LogP contribution in [0.2, 0.25) is 0 Å². The van der Waals surface area contributed by atoms with Gasteiger partial charge in [0.25, 0.3) is 0 Å². The number of hydrogen-bond acceptors (Lipinski definition) is 4. The third-order valence-electron chi connectivity index (χ3n) is 5.84. The Bertz CT molecular complexity index is 715. The summed E-state index contributed by atoms with van der Waals surface area (Å²) in [5, 5.41) is 0. The average Bonchev–Trinajstić information content (AvgIpc) is 2.66. The van der Waals surface area contributed by atoms with E-state index in [1.807, 2.05) is 12.3 Å². The molecule has 0 aliphatic carbocycles. The SMILES string of the molecule is CC1CCCN(CCOc2ccccc2CN2CC(c3ccccn3)C2)C1. The van der Waals surface area contributed by atoms with Crippen LogP contribution in [0.15, 0.2) is 48.7 Å². The second kappa shape index (κ2) is 8.85. The van der Waals surface area contributed by atoms with Crippen LogP contribution < -0.4 is 4.74 Å². The quantitative estimate of drug-likeness (QED) is 0.746. The van der Waals surface area contributed by atoms with E-state index in [9.17, 15) is 0 Å². The Hall–Kier alpha value is -1.91. The van der Waals surface area contributed by atoms with Crippen molar-refractivity contribution in [2.75, 3.05) is 39.3 Å². The number of pyridine rings is 1. The van der Waals surface area contributed by atoms with Crippen molar-refractivity contribution in [2.24, 2.45) is 5.92 Å². The second-order valence-electron chi connectivity index (χ2n) is 8.15. The first-order valence-corrected chi connectivity index (χ1v) is 10.3. The number of benzene rings is 1. The molecular formula is C23H31N3O. The second-order valence-corrected chi connectivity index (χ2v) is 8.15. The molecule has 4 rings (SSSR count). The number of ether oxygens (including phenoxy) is 1. The molecule has 0 radical (unpaired) electrons. The smallest absolute Gasteiger partial charge is 0.123 e. The van der Waals surface area contributed by atoms with Crippen LogP contribution in [-0.4, -0.2) is 54.1 Å². The maximum atomic E-state index is 6.18. The van der Waals surface area contributed by atoms with Crippen molar-refractivity contribution in [2.45, 2.75) is 32.2 Å². The average molecular weight is 366 g/mol. The number of rotatable bonds is 7. The van der Waals surface area contributed by atoms with E-state index in [4.69, 9.17) is 4.74 Å². The van der Waals surface area contributed by atoms with Gasteiger partial charge in [-0.3, -0.25) is 14.8 Å². The Kier molecular flexibility index (Phi) is 6.05. The van der Waals surface area contributed by atoms with Crippen LogP contribution in [0, 0.1) is 5.92 Å². The Morgan fingerprint density at radius 2 is 1.89 bits per heavy atom. The molecule has 0 spiro atoms. The molecule has 0 bridgehead atoms. The van der Waals surface area contributed by atoms with Gasteiger partial charge < -0.3 is 4.74 Å². The summed E-state index contributed by atoms with van der Waals surface area (Å²) in [5.41, 5.74) is 2.51. The molecule has 0 amide bonds.